The van der Waals surface area contributed by atoms with Gasteiger partial charge in [-0.2, -0.15) is 0 Å². The third-order valence-electron chi connectivity index (χ3n) is 2.43. The molecule has 1 atom stereocenters. The summed E-state index contributed by atoms with van der Waals surface area (Å²) in [5.74, 6) is -1.35. The Morgan fingerprint density at radius 2 is 2.44 bits per heavy atom. The maximum absolute atomic E-state index is 13.0. The van der Waals surface area contributed by atoms with E-state index in [9.17, 15) is 4.79 Å². The van der Waals surface area contributed by atoms with Crippen LogP contribution in [-0.4, -0.2) is 12.8 Å². The number of Topliss-reactive ketones (excluding diaryl/α,β-unsaturated/α-hetero) is 1. The van der Waals surface area contributed by atoms with Gasteiger partial charge in [-0.1, -0.05) is 36.1 Å². The van der Waals surface area contributed by atoms with Gasteiger partial charge in [-0.25, -0.2) is 0 Å². The molecule has 0 amide bonds. The zero-order valence-electron chi connectivity index (χ0n) is 19.2. The average Bonchev–Trinajstić information content (AvgIpc) is 2.45. The smallest absolute Gasteiger partial charge is 0.157 e. The first-order chi connectivity index (χ1) is 12.0. The molecular formula is C13H16ClNO. The normalized spacial score (nSPS) is 42.8. The summed E-state index contributed by atoms with van der Waals surface area (Å²) < 4.78 is 85.6. The molecule has 16 heavy (non-hydrogen) atoms. The third kappa shape index (κ3) is 1.76. The highest BCUT2D eigenvalue weighted by Gasteiger charge is 2.40. The molecule has 1 saturated carbocycles. The van der Waals surface area contributed by atoms with E-state index < -0.39 is 78.6 Å². The van der Waals surface area contributed by atoms with Crippen molar-refractivity contribution in [3.05, 3.63) is 34.8 Å². The Hall–Kier alpha value is -0.860. The Morgan fingerprint density at radius 3 is 3.25 bits per heavy atom. The molecule has 0 aromatic heterocycles. The number of carbonyl (C=O) groups excluding carboxylic acids is 1. The van der Waals surface area contributed by atoms with E-state index in [2.05, 4.69) is 0 Å². The number of rotatable bonds is 2. The van der Waals surface area contributed by atoms with Gasteiger partial charge in [0.05, 0.1) is 5.48 Å². The van der Waals surface area contributed by atoms with Gasteiger partial charge in [0.1, 0.15) is 5.54 Å². The lowest BCUT2D eigenvalue weighted by Gasteiger charge is -2.36. The van der Waals surface area contributed by atoms with Crippen molar-refractivity contribution in [2.75, 3.05) is 6.98 Å². The van der Waals surface area contributed by atoms with Crippen LogP contribution in [0.3, 0.4) is 0 Å². The maximum Gasteiger partial charge on any atom is 0.157 e. The molecular weight excluding hydrogens is 222 g/mol. The van der Waals surface area contributed by atoms with E-state index in [1.807, 2.05) is 5.32 Å². The Morgan fingerprint density at radius 1 is 1.62 bits per heavy atom. The van der Waals surface area contributed by atoms with Crippen LogP contribution in [0.25, 0.3) is 0 Å². The van der Waals surface area contributed by atoms with E-state index in [0.29, 0.717) is 0 Å². The second kappa shape index (κ2) is 4.56. The maximum atomic E-state index is 13.0. The van der Waals surface area contributed by atoms with Gasteiger partial charge in [0.15, 0.2) is 5.78 Å². The summed E-state index contributed by atoms with van der Waals surface area (Å²) >= 11 is 6.05. The van der Waals surface area contributed by atoms with Gasteiger partial charge in [0.2, 0.25) is 0 Å². The van der Waals surface area contributed by atoms with Crippen molar-refractivity contribution in [3.8, 4) is 0 Å². The predicted octanol–water partition coefficient (Wildman–Crippen LogP) is 2.90. The quantitative estimate of drug-likeness (QED) is 0.872. The van der Waals surface area contributed by atoms with Crippen molar-refractivity contribution >= 4 is 17.4 Å². The number of likely N-dealkylation sites (N-methyl/N-ethyl adjacent to an activating group) is 1. The fraction of sp³-hybridized carbons (Fsp3) is 0.462. The summed E-state index contributed by atoms with van der Waals surface area (Å²) in [6.45, 7) is -3.06. The summed E-state index contributed by atoms with van der Waals surface area (Å²) in [5.41, 5.74) is -3.28. The molecule has 2 nitrogen and oxygen atoms in total. The minimum absolute atomic E-state index is 0.667. The van der Waals surface area contributed by atoms with Crippen molar-refractivity contribution in [2.45, 2.75) is 31.1 Å². The zero-order chi connectivity index (χ0) is 21.2. The molecule has 0 bridgehead atoms. The Bertz CT molecular complexity index is 773. The molecule has 3 heteroatoms. The van der Waals surface area contributed by atoms with Crippen molar-refractivity contribution in [2.24, 2.45) is 0 Å². The number of halogens is 1. The topological polar surface area (TPSA) is 29.1 Å². The number of carbonyl (C=O) groups is 1. The molecule has 2 rings (SSSR count). The Labute approximate surface area is 116 Å². The molecule has 0 spiro atoms. The highest BCUT2D eigenvalue weighted by molar-refractivity contribution is 6.31. The standard InChI is InChI=1S/C13H16ClNO/c1-15-13(9-5-4-8-12(13)16)10-6-2-3-7-11(10)14/h2-3,6-7,15H,4-5,8-9H2,1H3/i1D3,2D,3D,5D2,6D,7D,8D2. The summed E-state index contributed by atoms with van der Waals surface area (Å²) in [6.07, 6.45) is -6.83. The van der Waals surface area contributed by atoms with E-state index in [4.69, 9.17) is 26.7 Å². The Kier molecular flexibility index (Phi) is 1.17. The van der Waals surface area contributed by atoms with Crippen LogP contribution in [0.2, 0.25) is 5.02 Å². The average molecular weight is 249 g/mol. The van der Waals surface area contributed by atoms with Gasteiger partial charge in [0.25, 0.3) is 0 Å². The van der Waals surface area contributed by atoms with Gasteiger partial charge in [-0.05, 0) is 31.4 Å². The minimum Gasteiger partial charge on any atom is -0.304 e. The fourth-order valence-corrected chi connectivity index (χ4v) is 1.84. The van der Waals surface area contributed by atoms with Crippen LogP contribution < -0.4 is 5.32 Å². The number of benzene rings is 1. The largest absolute Gasteiger partial charge is 0.304 e. The lowest BCUT2D eigenvalue weighted by molar-refractivity contribution is -0.127. The zero-order valence-corrected chi connectivity index (χ0v) is 8.96. The lowest BCUT2D eigenvalue weighted by Crippen LogP contribution is -2.49. The summed E-state index contributed by atoms with van der Waals surface area (Å²) in [5, 5.41) is 1.28. The fourth-order valence-electron chi connectivity index (χ4n) is 1.58. The lowest BCUT2D eigenvalue weighted by atomic mass is 9.75. The number of ketones is 1. The van der Waals surface area contributed by atoms with E-state index in [-0.39, 0.29) is 0 Å². The third-order valence-corrected chi connectivity index (χ3v) is 2.72. The van der Waals surface area contributed by atoms with E-state index in [0.717, 1.165) is 0 Å². The molecule has 0 heterocycles. The highest BCUT2D eigenvalue weighted by atomic mass is 35.5. The van der Waals surface area contributed by atoms with Crippen LogP contribution in [-0.2, 0) is 10.3 Å². The predicted molar refractivity (Wildman–Crippen MR) is 65.7 cm³/mol. The number of hydrogen-bond acceptors (Lipinski definition) is 2. The van der Waals surface area contributed by atoms with Crippen LogP contribution in [0.5, 0.6) is 0 Å². The van der Waals surface area contributed by atoms with Crippen LogP contribution in [0.15, 0.2) is 24.2 Å². The van der Waals surface area contributed by atoms with Crippen molar-refractivity contribution in [1.82, 2.24) is 5.32 Å². The van der Waals surface area contributed by atoms with E-state index in [1.54, 1.807) is 0 Å². The van der Waals surface area contributed by atoms with E-state index >= 15 is 0 Å². The molecule has 1 aromatic rings. The van der Waals surface area contributed by atoms with Crippen LogP contribution in [0.1, 0.15) is 46.2 Å². The summed E-state index contributed by atoms with van der Waals surface area (Å²) in [6, 6.07) is -3.09. The molecule has 1 unspecified atom stereocenters. The summed E-state index contributed by atoms with van der Waals surface area (Å²) in [7, 11) is 0. The molecule has 1 aromatic carbocycles. The monoisotopic (exact) mass is 248 g/mol. The van der Waals surface area contributed by atoms with Gasteiger partial charge in [-0.15, -0.1) is 0 Å². The number of hydrogen-bond donors (Lipinski definition) is 1. The molecule has 1 aliphatic carbocycles. The molecule has 0 aliphatic heterocycles. The molecule has 1 fully saturated rings. The Balaban J connectivity index is 2.95. The van der Waals surface area contributed by atoms with Crippen molar-refractivity contribution < 1.29 is 19.9 Å². The second-order valence-corrected chi connectivity index (χ2v) is 3.71. The molecule has 1 aliphatic rings. The molecule has 0 radical (unpaired) electrons. The van der Waals surface area contributed by atoms with Crippen molar-refractivity contribution in [1.29, 1.82) is 0 Å². The molecule has 86 valence electrons. The van der Waals surface area contributed by atoms with Crippen LogP contribution in [0, 0.1) is 0 Å². The number of nitrogens with one attached hydrogen (secondary N) is 1. The van der Waals surface area contributed by atoms with Gasteiger partial charge in [-0.3, -0.25) is 4.79 Å². The van der Waals surface area contributed by atoms with Gasteiger partial charge < -0.3 is 5.32 Å². The first-order valence-electron chi connectivity index (χ1n) is 10.1. The second-order valence-electron chi connectivity index (χ2n) is 3.33. The SMILES string of the molecule is [2H]c1c([2H])c([2H])c(C2(NC([2H])([2H])[2H])CC([2H])([2H])CC([2H])([2H])C2=O)c(Cl)c1[2H]. The first kappa shape index (κ1) is 4.11. The van der Waals surface area contributed by atoms with E-state index in [1.165, 1.54) is 0 Å². The van der Waals surface area contributed by atoms with Crippen LogP contribution >= 0.6 is 11.6 Å². The van der Waals surface area contributed by atoms with Gasteiger partial charge in [0, 0.05) is 21.0 Å². The first-order valence-corrected chi connectivity index (χ1v) is 4.94. The molecule has 1 N–H and O–H groups in total. The van der Waals surface area contributed by atoms with Crippen molar-refractivity contribution in [3.63, 3.8) is 0 Å². The highest BCUT2D eigenvalue weighted by Crippen LogP contribution is 2.37. The van der Waals surface area contributed by atoms with Crippen LogP contribution in [0.4, 0.5) is 0 Å². The molecule has 0 saturated heterocycles. The summed E-state index contributed by atoms with van der Waals surface area (Å²) in [4.78, 5) is 13.0. The van der Waals surface area contributed by atoms with Gasteiger partial charge >= 0.3 is 0 Å². The minimum atomic E-state index is -3.06.